The van der Waals surface area contributed by atoms with Gasteiger partial charge in [0.05, 0.1) is 5.52 Å². The molecule has 1 aromatic carbocycles. The Kier molecular flexibility index (Phi) is 3.22. The lowest BCUT2D eigenvalue weighted by molar-refractivity contribution is 0.629. The van der Waals surface area contributed by atoms with Crippen molar-refractivity contribution in [2.24, 2.45) is 10.9 Å². The van der Waals surface area contributed by atoms with Crippen LogP contribution in [-0.2, 0) is 0 Å². The van der Waals surface area contributed by atoms with Crippen LogP contribution in [0.25, 0.3) is 10.9 Å². The SMILES string of the molecule is CCC1CC=CC(n2ccc3ccc(F)cc32)=NC1=N. The fraction of sp³-hybridized carbons (Fsp3) is 0.250. The van der Waals surface area contributed by atoms with E-state index in [1.165, 1.54) is 12.1 Å². The number of rotatable bonds is 1. The molecular weight excluding hydrogens is 253 g/mol. The van der Waals surface area contributed by atoms with Crippen LogP contribution in [-0.4, -0.2) is 16.2 Å². The maximum Gasteiger partial charge on any atom is 0.138 e. The molecule has 3 rings (SSSR count). The number of allylic oxidation sites excluding steroid dienone is 2. The van der Waals surface area contributed by atoms with E-state index in [0.29, 0.717) is 11.7 Å². The first kappa shape index (κ1) is 12.8. The largest absolute Gasteiger partial charge is 0.301 e. The fourth-order valence-electron chi connectivity index (χ4n) is 2.50. The minimum atomic E-state index is -0.267. The molecule has 0 saturated heterocycles. The average molecular weight is 269 g/mol. The Labute approximate surface area is 117 Å². The molecule has 1 aliphatic heterocycles. The summed E-state index contributed by atoms with van der Waals surface area (Å²) in [5, 5.41) is 9.02. The van der Waals surface area contributed by atoms with Gasteiger partial charge in [-0.25, -0.2) is 9.38 Å². The van der Waals surface area contributed by atoms with E-state index in [-0.39, 0.29) is 11.7 Å². The van der Waals surface area contributed by atoms with E-state index in [0.717, 1.165) is 23.7 Å². The van der Waals surface area contributed by atoms with Crippen molar-refractivity contribution in [2.45, 2.75) is 19.8 Å². The van der Waals surface area contributed by atoms with Crippen LogP contribution in [0.3, 0.4) is 0 Å². The number of hydrogen-bond donors (Lipinski definition) is 1. The van der Waals surface area contributed by atoms with Crippen LogP contribution in [0.2, 0.25) is 0 Å². The summed E-state index contributed by atoms with van der Waals surface area (Å²) < 4.78 is 15.3. The molecule has 0 aliphatic carbocycles. The van der Waals surface area contributed by atoms with Crippen molar-refractivity contribution in [1.29, 1.82) is 5.41 Å². The van der Waals surface area contributed by atoms with Crippen LogP contribution >= 0.6 is 0 Å². The number of aliphatic imine (C=N–C) groups is 1. The molecule has 3 nitrogen and oxygen atoms in total. The van der Waals surface area contributed by atoms with Crippen molar-refractivity contribution in [3.63, 3.8) is 0 Å². The summed E-state index contributed by atoms with van der Waals surface area (Å²) >= 11 is 0. The molecule has 102 valence electrons. The van der Waals surface area contributed by atoms with Crippen LogP contribution < -0.4 is 0 Å². The summed E-state index contributed by atoms with van der Waals surface area (Å²) in [4.78, 5) is 4.40. The third-order valence-electron chi connectivity index (χ3n) is 3.70. The van der Waals surface area contributed by atoms with E-state index in [4.69, 9.17) is 5.41 Å². The second-order valence-corrected chi connectivity index (χ2v) is 4.99. The highest BCUT2D eigenvalue weighted by molar-refractivity contribution is 6.08. The number of fused-ring (bicyclic) bond motifs is 1. The van der Waals surface area contributed by atoms with Crippen molar-refractivity contribution in [3.05, 3.63) is 48.4 Å². The first-order valence-corrected chi connectivity index (χ1v) is 6.79. The van der Waals surface area contributed by atoms with E-state index in [9.17, 15) is 4.39 Å². The van der Waals surface area contributed by atoms with Crippen molar-refractivity contribution in [3.8, 4) is 0 Å². The number of nitrogens with one attached hydrogen (secondary N) is 1. The molecule has 0 spiro atoms. The van der Waals surface area contributed by atoms with E-state index in [1.54, 1.807) is 6.07 Å². The minimum absolute atomic E-state index is 0.169. The summed E-state index contributed by atoms with van der Waals surface area (Å²) in [6, 6.07) is 6.63. The van der Waals surface area contributed by atoms with Crippen LogP contribution in [0.4, 0.5) is 4.39 Å². The summed E-state index contributed by atoms with van der Waals surface area (Å²) in [7, 11) is 0. The highest BCUT2D eigenvalue weighted by atomic mass is 19.1. The molecule has 0 radical (unpaired) electrons. The van der Waals surface area contributed by atoms with Gasteiger partial charge in [-0.3, -0.25) is 5.41 Å². The summed E-state index contributed by atoms with van der Waals surface area (Å²) in [6.07, 6.45) is 7.55. The van der Waals surface area contributed by atoms with Crippen molar-refractivity contribution < 1.29 is 4.39 Å². The standard InChI is InChI=1S/C16H16FN3/c1-2-11-4-3-5-15(19-16(11)18)20-9-8-12-6-7-13(17)10-14(12)20/h3,5-11,18H,2,4H2,1H3. The highest BCUT2D eigenvalue weighted by Gasteiger charge is 2.15. The molecule has 4 heteroatoms. The zero-order valence-corrected chi connectivity index (χ0v) is 11.3. The van der Waals surface area contributed by atoms with Crippen molar-refractivity contribution in [2.75, 3.05) is 0 Å². The number of hydrogen-bond acceptors (Lipinski definition) is 1. The van der Waals surface area contributed by atoms with Crippen LogP contribution in [0.15, 0.2) is 47.6 Å². The van der Waals surface area contributed by atoms with Gasteiger partial charge in [0.2, 0.25) is 0 Å². The van der Waals surface area contributed by atoms with Gasteiger partial charge >= 0.3 is 0 Å². The first-order chi connectivity index (χ1) is 9.69. The lowest BCUT2D eigenvalue weighted by Gasteiger charge is -2.09. The van der Waals surface area contributed by atoms with Crippen molar-refractivity contribution >= 4 is 22.6 Å². The van der Waals surface area contributed by atoms with Gasteiger partial charge in [0.25, 0.3) is 0 Å². The predicted molar refractivity (Wildman–Crippen MR) is 80.0 cm³/mol. The molecular formula is C16H16FN3. The topological polar surface area (TPSA) is 41.1 Å². The Morgan fingerprint density at radius 1 is 1.40 bits per heavy atom. The zero-order chi connectivity index (χ0) is 14.1. The molecule has 2 heterocycles. The molecule has 0 bridgehead atoms. The summed E-state index contributed by atoms with van der Waals surface area (Å²) in [5.41, 5.74) is 0.774. The second kappa shape index (κ2) is 5.04. The third-order valence-corrected chi connectivity index (χ3v) is 3.70. The van der Waals surface area contributed by atoms with Crippen LogP contribution in [0, 0.1) is 17.1 Å². The normalized spacial score (nSPS) is 19.2. The lowest BCUT2D eigenvalue weighted by Crippen LogP contribution is -2.13. The third kappa shape index (κ3) is 2.18. The Balaban J connectivity index is 2.10. The van der Waals surface area contributed by atoms with E-state index < -0.39 is 0 Å². The summed E-state index contributed by atoms with van der Waals surface area (Å²) in [6.45, 7) is 2.06. The number of nitrogens with zero attached hydrogens (tertiary/aromatic N) is 2. The Bertz CT molecular complexity index is 724. The molecule has 1 aliphatic rings. The maximum absolute atomic E-state index is 13.4. The van der Waals surface area contributed by atoms with E-state index in [2.05, 4.69) is 11.9 Å². The smallest absolute Gasteiger partial charge is 0.138 e. The average Bonchev–Trinajstić information content (AvgIpc) is 2.75. The second-order valence-electron chi connectivity index (χ2n) is 4.99. The molecule has 1 unspecified atom stereocenters. The lowest BCUT2D eigenvalue weighted by atomic mass is 10.0. The highest BCUT2D eigenvalue weighted by Crippen LogP contribution is 2.20. The maximum atomic E-state index is 13.4. The van der Waals surface area contributed by atoms with E-state index in [1.807, 2.05) is 29.0 Å². The quantitative estimate of drug-likeness (QED) is 0.813. The molecule has 0 fully saturated rings. The van der Waals surface area contributed by atoms with Gasteiger partial charge in [0, 0.05) is 17.5 Å². The number of amidine groups is 1. The molecule has 0 amide bonds. The first-order valence-electron chi connectivity index (χ1n) is 6.79. The molecule has 1 atom stereocenters. The number of aromatic nitrogens is 1. The zero-order valence-electron chi connectivity index (χ0n) is 11.3. The van der Waals surface area contributed by atoms with Gasteiger partial charge in [0.15, 0.2) is 0 Å². The predicted octanol–water partition coefficient (Wildman–Crippen LogP) is 3.99. The monoisotopic (exact) mass is 269 g/mol. The Morgan fingerprint density at radius 2 is 2.25 bits per heavy atom. The van der Waals surface area contributed by atoms with Crippen LogP contribution in [0.5, 0.6) is 0 Å². The minimum Gasteiger partial charge on any atom is -0.301 e. The van der Waals surface area contributed by atoms with Gasteiger partial charge in [-0.2, -0.15) is 0 Å². The Morgan fingerprint density at radius 3 is 3.05 bits per heavy atom. The summed E-state index contributed by atoms with van der Waals surface area (Å²) in [5.74, 6) is 0.969. The number of benzene rings is 1. The molecule has 1 N–H and O–H groups in total. The number of halogens is 1. The van der Waals surface area contributed by atoms with E-state index >= 15 is 0 Å². The van der Waals surface area contributed by atoms with Gasteiger partial charge in [-0.1, -0.05) is 13.0 Å². The van der Waals surface area contributed by atoms with Gasteiger partial charge in [-0.15, -0.1) is 0 Å². The van der Waals surface area contributed by atoms with Crippen molar-refractivity contribution in [1.82, 2.24) is 4.57 Å². The molecule has 2 aromatic rings. The fourth-order valence-corrected chi connectivity index (χ4v) is 2.50. The van der Waals surface area contributed by atoms with Gasteiger partial charge < -0.3 is 4.57 Å². The molecule has 20 heavy (non-hydrogen) atoms. The Hall–Kier alpha value is -2.23. The van der Waals surface area contributed by atoms with Crippen LogP contribution in [0.1, 0.15) is 19.8 Å². The van der Waals surface area contributed by atoms with Gasteiger partial charge in [-0.05, 0) is 43.2 Å². The van der Waals surface area contributed by atoms with Gasteiger partial charge in [0.1, 0.15) is 17.5 Å². The molecule has 1 aromatic heterocycles. The molecule has 0 saturated carbocycles.